The van der Waals surface area contributed by atoms with Gasteiger partial charge >= 0.3 is 0 Å². The monoisotopic (exact) mass is 469 g/mol. The zero-order chi connectivity index (χ0) is 23.5. The second kappa shape index (κ2) is 9.78. The number of pyridine rings is 1. The normalized spacial score (nSPS) is 14.3. The highest BCUT2D eigenvalue weighted by molar-refractivity contribution is 6.31. The van der Waals surface area contributed by atoms with E-state index in [1.807, 2.05) is 53.2 Å². The number of hydrogen-bond acceptors (Lipinski definition) is 3. The Kier molecular flexibility index (Phi) is 6.41. The molecule has 0 radical (unpaired) electrons. The average Bonchev–Trinajstić information content (AvgIpc) is 2.89. The first-order valence-corrected chi connectivity index (χ1v) is 12.1. The number of halogens is 1. The van der Waals surface area contributed by atoms with Gasteiger partial charge in [0.1, 0.15) is 0 Å². The molecule has 2 heterocycles. The Morgan fingerprint density at radius 2 is 1.65 bits per heavy atom. The van der Waals surface area contributed by atoms with Crippen LogP contribution in [0.15, 0.2) is 102 Å². The Labute approximate surface area is 205 Å². The molecule has 1 N–H and O–H groups in total. The lowest BCUT2D eigenvalue weighted by atomic mass is 9.89. The minimum Gasteiger partial charge on any atom is -0.368 e. The van der Waals surface area contributed by atoms with E-state index < -0.39 is 0 Å². The zero-order valence-electron chi connectivity index (χ0n) is 19.1. The fraction of sp³-hybridized carbons (Fsp3) is 0.207. The van der Waals surface area contributed by atoms with Crippen molar-refractivity contribution in [3.63, 3.8) is 0 Å². The van der Waals surface area contributed by atoms with Crippen LogP contribution in [0, 0.1) is 0 Å². The maximum Gasteiger partial charge on any atom is 0.194 e. The van der Waals surface area contributed by atoms with E-state index in [2.05, 4.69) is 47.1 Å². The molecule has 1 fully saturated rings. The molecule has 1 aliphatic rings. The van der Waals surface area contributed by atoms with E-state index in [0.29, 0.717) is 28.4 Å². The predicted molar refractivity (Wildman–Crippen MR) is 141 cm³/mol. The van der Waals surface area contributed by atoms with Crippen molar-refractivity contribution >= 4 is 22.5 Å². The van der Waals surface area contributed by atoms with E-state index in [1.54, 1.807) is 6.07 Å². The third-order valence-corrected chi connectivity index (χ3v) is 6.94. The molecule has 0 aliphatic carbocycles. The van der Waals surface area contributed by atoms with Gasteiger partial charge in [0.25, 0.3) is 0 Å². The van der Waals surface area contributed by atoms with Crippen LogP contribution in [0.25, 0.3) is 16.6 Å². The minimum atomic E-state index is 0.0157. The molecular formula is C29H28ClN3O. The van der Waals surface area contributed by atoms with Gasteiger partial charge in [-0.1, -0.05) is 66.7 Å². The second-order valence-corrected chi connectivity index (χ2v) is 9.26. The lowest BCUT2D eigenvalue weighted by Gasteiger charge is -2.35. The van der Waals surface area contributed by atoms with Gasteiger partial charge in [-0.05, 0) is 54.7 Å². The van der Waals surface area contributed by atoms with Crippen molar-refractivity contribution < 1.29 is 0 Å². The number of hydrogen-bond donors (Lipinski definition) is 1. The Hall–Kier alpha value is -3.50. The van der Waals surface area contributed by atoms with Crippen LogP contribution in [0.2, 0.25) is 5.02 Å². The summed E-state index contributed by atoms with van der Waals surface area (Å²) < 4.78 is 2.04. The summed E-state index contributed by atoms with van der Waals surface area (Å²) in [5, 5.41) is 4.67. The number of fused-ring (bicyclic) bond motifs is 1. The molecule has 0 amide bonds. The number of aromatic nitrogens is 1. The van der Waals surface area contributed by atoms with Gasteiger partial charge in [-0.15, -0.1) is 0 Å². The highest BCUT2D eigenvalue weighted by Gasteiger charge is 2.21. The molecular weight excluding hydrogens is 442 g/mol. The quantitative estimate of drug-likeness (QED) is 0.371. The number of piperidine rings is 1. The molecule has 1 saturated heterocycles. The van der Waals surface area contributed by atoms with Gasteiger partial charge in [0.2, 0.25) is 0 Å². The van der Waals surface area contributed by atoms with Gasteiger partial charge in [0.05, 0.1) is 11.3 Å². The molecule has 4 aromatic rings. The molecule has 5 heteroatoms. The fourth-order valence-electron chi connectivity index (χ4n) is 4.80. The lowest BCUT2D eigenvalue weighted by molar-refractivity contribution is 0.248. The topological polar surface area (TPSA) is 37.3 Å². The minimum absolute atomic E-state index is 0.0157. The molecule has 1 aliphatic heterocycles. The molecule has 172 valence electrons. The van der Waals surface area contributed by atoms with Crippen molar-refractivity contribution in [3.8, 4) is 5.69 Å². The molecule has 0 unspecified atom stereocenters. The summed E-state index contributed by atoms with van der Waals surface area (Å²) in [7, 11) is 0. The first-order valence-electron chi connectivity index (χ1n) is 11.7. The highest BCUT2D eigenvalue weighted by Crippen LogP contribution is 2.28. The molecule has 1 aromatic heterocycles. The summed E-state index contributed by atoms with van der Waals surface area (Å²) in [6, 6.07) is 26.2. The largest absolute Gasteiger partial charge is 0.368 e. The Balaban J connectivity index is 1.33. The lowest BCUT2D eigenvalue weighted by Crippen LogP contribution is -2.37. The summed E-state index contributed by atoms with van der Waals surface area (Å²) in [5.41, 5.74) is 3.91. The van der Waals surface area contributed by atoms with Crippen LogP contribution >= 0.6 is 11.6 Å². The van der Waals surface area contributed by atoms with Crippen LogP contribution in [-0.4, -0.2) is 22.6 Å². The first kappa shape index (κ1) is 22.3. The molecule has 5 rings (SSSR count). The average molecular weight is 470 g/mol. The van der Waals surface area contributed by atoms with E-state index in [-0.39, 0.29) is 5.43 Å². The summed E-state index contributed by atoms with van der Waals surface area (Å²) in [4.78, 5) is 15.6. The van der Waals surface area contributed by atoms with Crippen LogP contribution in [-0.2, 0) is 6.54 Å². The third-order valence-electron chi connectivity index (χ3n) is 6.71. The molecule has 0 atom stereocenters. The second-order valence-electron chi connectivity index (χ2n) is 8.82. The summed E-state index contributed by atoms with van der Waals surface area (Å²) in [6.45, 7) is 6.59. The van der Waals surface area contributed by atoms with E-state index in [1.165, 1.54) is 5.56 Å². The van der Waals surface area contributed by atoms with Gasteiger partial charge in [-0.25, -0.2) is 0 Å². The number of benzene rings is 3. The summed E-state index contributed by atoms with van der Waals surface area (Å²) in [5.74, 6) is 1.46. The summed E-state index contributed by atoms with van der Waals surface area (Å²) >= 11 is 6.26. The van der Waals surface area contributed by atoms with Crippen LogP contribution in [0.4, 0.5) is 0 Å². The van der Waals surface area contributed by atoms with E-state index >= 15 is 0 Å². The number of rotatable bonds is 6. The SMILES string of the molecule is C=C(NCc1cn(-c2ccccc2)c2cc(Cl)ccc2c1=O)N1CCC(c2ccccc2)CC1. The van der Waals surface area contributed by atoms with E-state index in [0.717, 1.165) is 43.0 Å². The maximum absolute atomic E-state index is 13.3. The zero-order valence-corrected chi connectivity index (χ0v) is 19.8. The van der Waals surface area contributed by atoms with E-state index in [4.69, 9.17) is 11.6 Å². The molecule has 0 saturated carbocycles. The van der Waals surface area contributed by atoms with Crippen LogP contribution in [0.1, 0.15) is 29.9 Å². The third kappa shape index (κ3) is 4.59. The molecule has 4 nitrogen and oxygen atoms in total. The summed E-state index contributed by atoms with van der Waals surface area (Å²) in [6.07, 6.45) is 4.11. The Bertz CT molecular complexity index is 1360. The van der Waals surface area contributed by atoms with Crippen LogP contribution in [0.5, 0.6) is 0 Å². The number of nitrogens with one attached hydrogen (secondary N) is 1. The molecule has 0 spiro atoms. The number of para-hydroxylation sites is 1. The van der Waals surface area contributed by atoms with Crippen LogP contribution < -0.4 is 10.7 Å². The van der Waals surface area contributed by atoms with Crippen molar-refractivity contribution in [2.75, 3.05) is 13.1 Å². The Morgan fingerprint density at radius 3 is 2.35 bits per heavy atom. The smallest absolute Gasteiger partial charge is 0.194 e. The van der Waals surface area contributed by atoms with Gasteiger partial charge in [0, 0.05) is 47.5 Å². The van der Waals surface area contributed by atoms with Crippen molar-refractivity contribution in [3.05, 3.63) is 124 Å². The van der Waals surface area contributed by atoms with Crippen molar-refractivity contribution in [2.24, 2.45) is 0 Å². The fourth-order valence-corrected chi connectivity index (χ4v) is 4.96. The van der Waals surface area contributed by atoms with Gasteiger partial charge in [-0.3, -0.25) is 4.79 Å². The van der Waals surface area contributed by atoms with Gasteiger partial charge < -0.3 is 14.8 Å². The van der Waals surface area contributed by atoms with Gasteiger partial charge in [0.15, 0.2) is 5.43 Å². The van der Waals surface area contributed by atoms with Gasteiger partial charge in [-0.2, -0.15) is 0 Å². The molecule has 0 bridgehead atoms. The predicted octanol–water partition coefficient (Wildman–Crippen LogP) is 6.08. The van der Waals surface area contributed by atoms with Crippen molar-refractivity contribution in [1.82, 2.24) is 14.8 Å². The molecule has 3 aromatic carbocycles. The first-order chi connectivity index (χ1) is 16.6. The van der Waals surface area contributed by atoms with Crippen molar-refractivity contribution in [1.29, 1.82) is 0 Å². The molecule has 34 heavy (non-hydrogen) atoms. The number of nitrogens with zero attached hydrogens (tertiary/aromatic N) is 2. The van der Waals surface area contributed by atoms with Crippen LogP contribution in [0.3, 0.4) is 0 Å². The standard InChI is InChI=1S/C29H28ClN3O/c1-21(32-16-14-23(15-17-32)22-8-4-2-5-9-22)31-19-24-20-33(26-10-6-3-7-11-26)28-18-25(30)12-13-27(28)29(24)34/h2-13,18,20,23,31H,1,14-17,19H2. The van der Waals surface area contributed by atoms with E-state index in [9.17, 15) is 4.79 Å². The Morgan fingerprint density at radius 1 is 0.971 bits per heavy atom. The highest BCUT2D eigenvalue weighted by atomic mass is 35.5. The number of likely N-dealkylation sites (tertiary alicyclic amines) is 1. The maximum atomic E-state index is 13.3. The van der Waals surface area contributed by atoms with Crippen molar-refractivity contribution in [2.45, 2.75) is 25.3 Å².